The summed E-state index contributed by atoms with van der Waals surface area (Å²) >= 11 is 13.1. The summed E-state index contributed by atoms with van der Waals surface area (Å²) in [6.45, 7) is 2.56. The molecule has 1 saturated carbocycles. The molecule has 0 amide bonds. The van der Waals surface area contributed by atoms with E-state index in [1.807, 2.05) is 0 Å². The predicted molar refractivity (Wildman–Crippen MR) is 111 cm³/mol. The highest BCUT2D eigenvalue weighted by Crippen LogP contribution is 2.64. The van der Waals surface area contributed by atoms with Gasteiger partial charge in [0.25, 0.3) is 0 Å². The molecule has 0 heterocycles. The Bertz CT molecular complexity index is 1010. The van der Waals surface area contributed by atoms with Crippen molar-refractivity contribution in [3.8, 4) is 5.75 Å². The quantitative estimate of drug-likeness (QED) is 0.651. The highest BCUT2D eigenvalue weighted by atomic mass is 35.5. The molecule has 3 aliphatic rings. The summed E-state index contributed by atoms with van der Waals surface area (Å²) < 4.78 is 5.64. The highest BCUT2D eigenvalue weighted by molar-refractivity contribution is 6.44. The second-order valence-electron chi connectivity index (χ2n) is 9.03. The molecule has 6 nitrogen and oxygen atoms in total. The first-order valence-corrected chi connectivity index (χ1v) is 10.6. The second kappa shape index (κ2) is 6.99. The molecule has 0 aromatic heterocycles. The third-order valence-corrected chi connectivity index (χ3v) is 7.57. The standard InChI is InChI=1S/C22H22Cl2O6/c1-21(2,20(28)29)18(19(26)27)30-14-7-10-9-22(11-3-4-11)6-5-12(25)8-13(22)15(10)17(24)16(14)23/h7-8,11,18H,3-6,9H2,1-2H3,(H,26,27)(H,28,29). The molecule has 30 heavy (non-hydrogen) atoms. The number of allylic oxidation sites excluding steroid dienone is 2. The summed E-state index contributed by atoms with van der Waals surface area (Å²) in [4.78, 5) is 35.5. The van der Waals surface area contributed by atoms with Gasteiger partial charge in [-0.25, -0.2) is 4.79 Å². The first kappa shape index (κ1) is 21.2. The van der Waals surface area contributed by atoms with Crippen LogP contribution >= 0.6 is 23.2 Å². The van der Waals surface area contributed by atoms with E-state index < -0.39 is 23.5 Å². The topological polar surface area (TPSA) is 101 Å². The van der Waals surface area contributed by atoms with Crippen LogP contribution in [0.25, 0.3) is 5.57 Å². The van der Waals surface area contributed by atoms with E-state index in [2.05, 4.69) is 0 Å². The normalized spacial score (nSPS) is 24.0. The van der Waals surface area contributed by atoms with E-state index in [1.54, 1.807) is 12.1 Å². The molecule has 1 aromatic carbocycles. The second-order valence-corrected chi connectivity index (χ2v) is 9.79. The van der Waals surface area contributed by atoms with Gasteiger partial charge in [0.05, 0.1) is 5.02 Å². The van der Waals surface area contributed by atoms with Gasteiger partial charge in [0, 0.05) is 17.4 Å². The van der Waals surface area contributed by atoms with E-state index in [4.69, 9.17) is 27.9 Å². The van der Waals surface area contributed by atoms with Gasteiger partial charge in [-0.1, -0.05) is 23.2 Å². The van der Waals surface area contributed by atoms with Gasteiger partial charge in [-0.15, -0.1) is 0 Å². The van der Waals surface area contributed by atoms with E-state index >= 15 is 0 Å². The summed E-state index contributed by atoms with van der Waals surface area (Å²) in [7, 11) is 0. The molecular formula is C22H22Cl2O6. The fourth-order valence-electron chi connectivity index (χ4n) is 4.82. The Morgan fingerprint density at radius 1 is 1.23 bits per heavy atom. The predicted octanol–water partition coefficient (Wildman–Crippen LogP) is 4.64. The number of halogens is 2. The molecule has 2 atom stereocenters. The number of rotatable bonds is 6. The van der Waals surface area contributed by atoms with E-state index in [-0.39, 0.29) is 27.0 Å². The Balaban J connectivity index is 1.79. The van der Waals surface area contributed by atoms with Crippen molar-refractivity contribution in [1.82, 2.24) is 0 Å². The number of hydrogen-bond donors (Lipinski definition) is 2. The van der Waals surface area contributed by atoms with E-state index in [9.17, 15) is 24.6 Å². The monoisotopic (exact) mass is 452 g/mol. The van der Waals surface area contributed by atoms with Crippen LogP contribution in [-0.4, -0.2) is 34.0 Å². The number of hydrogen-bond acceptors (Lipinski definition) is 4. The number of benzene rings is 1. The maximum Gasteiger partial charge on any atom is 0.346 e. The van der Waals surface area contributed by atoms with Crippen LogP contribution in [0.5, 0.6) is 5.75 Å². The number of carbonyl (C=O) groups is 3. The van der Waals surface area contributed by atoms with Crippen LogP contribution in [0.3, 0.4) is 0 Å². The molecule has 0 aliphatic heterocycles. The lowest BCUT2D eigenvalue weighted by Gasteiger charge is -2.34. The number of carboxylic acid groups (broad SMARTS) is 2. The smallest absolute Gasteiger partial charge is 0.346 e. The fraction of sp³-hybridized carbons (Fsp3) is 0.500. The Labute approximate surface area is 183 Å². The third kappa shape index (κ3) is 3.12. The first-order chi connectivity index (χ1) is 14.0. The van der Waals surface area contributed by atoms with Gasteiger partial charge in [0.2, 0.25) is 6.10 Å². The van der Waals surface area contributed by atoms with Crippen LogP contribution < -0.4 is 4.74 Å². The first-order valence-electron chi connectivity index (χ1n) is 9.88. The highest BCUT2D eigenvalue weighted by Gasteiger charge is 2.54. The molecule has 4 rings (SSSR count). The Kier molecular flexibility index (Phi) is 4.94. The molecule has 1 fully saturated rings. The molecule has 0 radical (unpaired) electrons. The number of ether oxygens (including phenoxy) is 1. The van der Waals surface area contributed by atoms with Crippen LogP contribution in [0.2, 0.25) is 10.0 Å². The number of carboxylic acids is 2. The molecule has 0 bridgehead atoms. The Morgan fingerprint density at radius 2 is 1.90 bits per heavy atom. The lowest BCUT2D eigenvalue weighted by Crippen LogP contribution is -2.46. The van der Waals surface area contributed by atoms with Crippen molar-refractivity contribution < 1.29 is 29.3 Å². The average molecular weight is 453 g/mol. The maximum atomic E-state index is 12.2. The third-order valence-electron chi connectivity index (χ3n) is 6.72. The van der Waals surface area contributed by atoms with Gasteiger partial charge >= 0.3 is 11.9 Å². The molecule has 2 unspecified atom stereocenters. The molecule has 3 aliphatic carbocycles. The van der Waals surface area contributed by atoms with Crippen LogP contribution in [-0.2, 0) is 20.8 Å². The zero-order chi connectivity index (χ0) is 22.0. The Morgan fingerprint density at radius 3 is 2.47 bits per heavy atom. The zero-order valence-corrected chi connectivity index (χ0v) is 18.1. The zero-order valence-electron chi connectivity index (χ0n) is 16.6. The number of fused-ring (bicyclic) bond motifs is 3. The van der Waals surface area contributed by atoms with Gasteiger partial charge in [0.1, 0.15) is 16.2 Å². The van der Waals surface area contributed by atoms with Crippen molar-refractivity contribution in [2.45, 2.75) is 52.1 Å². The number of carbonyl (C=O) groups excluding carboxylic acids is 1. The molecule has 160 valence electrons. The van der Waals surface area contributed by atoms with Crippen LogP contribution in [0.15, 0.2) is 12.1 Å². The number of ketones is 1. The van der Waals surface area contributed by atoms with Gasteiger partial charge in [-0.05, 0) is 68.7 Å². The van der Waals surface area contributed by atoms with Crippen molar-refractivity contribution >= 4 is 46.5 Å². The molecule has 2 N–H and O–H groups in total. The van der Waals surface area contributed by atoms with Gasteiger partial charge in [-0.3, -0.25) is 9.59 Å². The van der Waals surface area contributed by atoms with Crippen LogP contribution in [0.1, 0.15) is 50.7 Å². The van der Waals surface area contributed by atoms with Crippen LogP contribution in [0, 0.1) is 16.7 Å². The average Bonchev–Trinajstić information content (AvgIpc) is 3.46. The largest absolute Gasteiger partial charge is 0.481 e. The SMILES string of the molecule is CC(C)(C(=O)O)C(Oc1cc2c(c(Cl)c1Cl)C1=CC(=O)CCC1(C1CC1)C2)C(=O)O. The van der Waals surface area contributed by atoms with Gasteiger partial charge in [0.15, 0.2) is 5.78 Å². The molecule has 8 heteroatoms. The minimum atomic E-state index is -1.70. The minimum absolute atomic E-state index is 0.0216. The lowest BCUT2D eigenvalue weighted by molar-refractivity contribution is -0.164. The van der Waals surface area contributed by atoms with E-state index in [0.717, 1.165) is 36.0 Å². The van der Waals surface area contributed by atoms with E-state index in [1.165, 1.54) is 13.8 Å². The Hall–Kier alpha value is -2.05. The molecule has 0 spiro atoms. The molecule has 0 saturated heterocycles. The summed E-state index contributed by atoms with van der Waals surface area (Å²) in [5.41, 5.74) is 0.672. The summed E-state index contributed by atoms with van der Waals surface area (Å²) in [6, 6.07) is 1.66. The molecule has 1 aromatic rings. The summed E-state index contributed by atoms with van der Waals surface area (Å²) in [5, 5.41) is 19.3. The van der Waals surface area contributed by atoms with Crippen molar-refractivity contribution in [2.24, 2.45) is 16.7 Å². The van der Waals surface area contributed by atoms with Gasteiger partial charge in [-0.2, -0.15) is 0 Å². The lowest BCUT2D eigenvalue weighted by atomic mass is 9.69. The van der Waals surface area contributed by atoms with Crippen molar-refractivity contribution in [1.29, 1.82) is 0 Å². The fourth-order valence-corrected chi connectivity index (χ4v) is 5.33. The summed E-state index contributed by atoms with van der Waals surface area (Å²) in [5.74, 6) is -2.12. The van der Waals surface area contributed by atoms with Gasteiger partial charge < -0.3 is 14.9 Å². The summed E-state index contributed by atoms with van der Waals surface area (Å²) in [6.07, 6.45) is 4.15. The number of aliphatic carboxylic acids is 2. The van der Waals surface area contributed by atoms with Crippen LogP contribution in [0.4, 0.5) is 0 Å². The maximum absolute atomic E-state index is 12.2. The minimum Gasteiger partial charge on any atom is -0.481 e. The van der Waals surface area contributed by atoms with Crippen molar-refractivity contribution in [3.05, 3.63) is 33.3 Å². The van der Waals surface area contributed by atoms with Crippen molar-refractivity contribution in [2.75, 3.05) is 0 Å². The van der Waals surface area contributed by atoms with E-state index in [0.29, 0.717) is 18.8 Å². The van der Waals surface area contributed by atoms with Crippen molar-refractivity contribution in [3.63, 3.8) is 0 Å². The molecular weight excluding hydrogens is 431 g/mol.